The number of hydrogen-bond donors (Lipinski definition) is 2. The molecule has 0 amide bonds. The summed E-state index contributed by atoms with van der Waals surface area (Å²) in [5, 5.41) is 3.41. The summed E-state index contributed by atoms with van der Waals surface area (Å²) in [6.07, 6.45) is 1.23. The van der Waals surface area contributed by atoms with E-state index in [1.54, 1.807) is 0 Å². The molecular weight excluding hydrogens is 172 g/mol. The summed E-state index contributed by atoms with van der Waals surface area (Å²) in [5.74, 6) is 1.39. The third-order valence-electron chi connectivity index (χ3n) is 3.05. The average Bonchev–Trinajstić information content (AvgIpc) is 2.16. The molecule has 1 unspecified atom stereocenters. The Morgan fingerprint density at radius 1 is 1.43 bits per heavy atom. The van der Waals surface area contributed by atoms with Crippen molar-refractivity contribution >= 4 is 11.4 Å². The first kappa shape index (κ1) is 9.38. The van der Waals surface area contributed by atoms with Crippen molar-refractivity contribution in [2.24, 2.45) is 5.92 Å². The number of fused-ring (bicyclic) bond motifs is 1. The van der Waals surface area contributed by atoms with Crippen molar-refractivity contribution in [1.82, 2.24) is 0 Å². The zero-order chi connectivity index (χ0) is 10.1. The van der Waals surface area contributed by atoms with Gasteiger partial charge in [-0.15, -0.1) is 0 Å². The van der Waals surface area contributed by atoms with E-state index < -0.39 is 0 Å². The van der Waals surface area contributed by atoms with Crippen LogP contribution in [0.15, 0.2) is 18.2 Å². The molecule has 1 atom stereocenters. The highest BCUT2D eigenvalue weighted by Gasteiger charge is 2.22. The Morgan fingerprint density at radius 2 is 2.21 bits per heavy atom. The molecule has 1 aromatic carbocycles. The Bertz CT molecular complexity index is 331. The molecule has 0 saturated carbocycles. The number of hydrogen-bond acceptors (Lipinski definition) is 2. The SMILES string of the molecule is CC(C)C1CCNc2cc(N)ccc21. The summed E-state index contributed by atoms with van der Waals surface area (Å²) >= 11 is 0. The minimum absolute atomic E-state index is 0.687. The van der Waals surface area contributed by atoms with Crippen molar-refractivity contribution in [3.8, 4) is 0 Å². The fraction of sp³-hybridized carbons (Fsp3) is 0.500. The van der Waals surface area contributed by atoms with Gasteiger partial charge in [0.2, 0.25) is 0 Å². The monoisotopic (exact) mass is 190 g/mol. The van der Waals surface area contributed by atoms with Gasteiger partial charge in [-0.3, -0.25) is 0 Å². The van der Waals surface area contributed by atoms with Gasteiger partial charge in [-0.05, 0) is 36.0 Å². The second kappa shape index (κ2) is 3.52. The van der Waals surface area contributed by atoms with Gasteiger partial charge >= 0.3 is 0 Å². The Balaban J connectivity index is 2.40. The van der Waals surface area contributed by atoms with Crippen molar-refractivity contribution in [1.29, 1.82) is 0 Å². The molecule has 2 rings (SSSR count). The fourth-order valence-corrected chi connectivity index (χ4v) is 2.26. The fourth-order valence-electron chi connectivity index (χ4n) is 2.26. The van der Waals surface area contributed by atoms with Gasteiger partial charge in [0.05, 0.1) is 0 Å². The molecule has 14 heavy (non-hydrogen) atoms. The lowest BCUT2D eigenvalue weighted by Crippen LogP contribution is -2.20. The average molecular weight is 190 g/mol. The molecule has 1 heterocycles. The molecule has 0 aliphatic carbocycles. The first-order chi connectivity index (χ1) is 6.68. The standard InChI is InChI=1S/C12H18N2/c1-8(2)10-5-6-14-12-7-9(13)3-4-11(10)12/h3-4,7-8,10,14H,5-6,13H2,1-2H3. The highest BCUT2D eigenvalue weighted by molar-refractivity contribution is 5.62. The van der Waals surface area contributed by atoms with Crippen LogP contribution in [0, 0.1) is 5.92 Å². The largest absolute Gasteiger partial charge is 0.399 e. The molecule has 0 saturated heterocycles. The molecule has 2 heteroatoms. The van der Waals surface area contributed by atoms with Crippen molar-refractivity contribution in [3.05, 3.63) is 23.8 Å². The summed E-state index contributed by atoms with van der Waals surface area (Å²) in [6, 6.07) is 6.21. The number of benzene rings is 1. The van der Waals surface area contributed by atoms with Gasteiger partial charge in [0, 0.05) is 17.9 Å². The number of rotatable bonds is 1. The molecular formula is C12H18N2. The highest BCUT2D eigenvalue weighted by Crippen LogP contribution is 2.37. The van der Waals surface area contributed by atoms with E-state index in [0.29, 0.717) is 11.8 Å². The molecule has 2 nitrogen and oxygen atoms in total. The van der Waals surface area contributed by atoms with Crippen molar-refractivity contribution in [2.45, 2.75) is 26.2 Å². The van der Waals surface area contributed by atoms with E-state index in [1.165, 1.54) is 17.7 Å². The summed E-state index contributed by atoms with van der Waals surface area (Å²) in [5.41, 5.74) is 9.27. The second-order valence-electron chi connectivity index (χ2n) is 4.41. The van der Waals surface area contributed by atoms with Crippen LogP contribution in [-0.4, -0.2) is 6.54 Å². The van der Waals surface area contributed by atoms with Crippen molar-refractivity contribution in [2.75, 3.05) is 17.6 Å². The van der Waals surface area contributed by atoms with Crippen LogP contribution in [0.3, 0.4) is 0 Å². The van der Waals surface area contributed by atoms with Gasteiger partial charge in [-0.1, -0.05) is 19.9 Å². The van der Waals surface area contributed by atoms with Gasteiger partial charge in [-0.25, -0.2) is 0 Å². The first-order valence-corrected chi connectivity index (χ1v) is 5.32. The summed E-state index contributed by atoms with van der Waals surface area (Å²) in [4.78, 5) is 0. The molecule has 1 aromatic rings. The molecule has 0 bridgehead atoms. The van der Waals surface area contributed by atoms with E-state index >= 15 is 0 Å². The first-order valence-electron chi connectivity index (χ1n) is 5.32. The minimum atomic E-state index is 0.687. The Kier molecular flexibility index (Phi) is 2.36. The second-order valence-corrected chi connectivity index (χ2v) is 4.41. The Hall–Kier alpha value is -1.18. The Morgan fingerprint density at radius 3 is 2.93 bits per heavy atom. The smallest absolute Gasteiger partial charge is 0.0396 e. The van der Waals surface area contributed by atoms with Crippen LogP contribution in [0.4, 0.5) is 11.4 Å². The molecule has 1 aliphatic rings. The van der Waals surface area contributed by atoms with Crippen LogP contribution < -0.4 is 11.1 Å². The maximum atomic E-state index is 5.76. The molecule has 76 valence electrons. The maximum absolute atomic E-state index is 5.76. The molecule has 3 N–H and O–H groups in total. The Labute approximate surface area is 85.5 Å². The predicted molar refractivity (Wildman–Crippen MR) is 61.5 cm³/mol. The normalized spacial score (nSPS) is 20.4. The lowest BCUT2D eigenvalue weighted by atomic mass is 9.82. The summed E-state index contributed by atoms with van der Waals surface area (Å²) in [7, 11) is 0. The van der Waals surface area contributed by atoms with E-state index in [2.05, 4.69) is 25.2 Å². The van der Waals surface area contributed by atoms with Crippen LogP contribution in [0.25, 0.3) is 0 Å². The van der Waals surface area contributed by atoms with E-state index in [0.717, 1.165) is 12.2 Å². The number of anilines is 2. The molecule has 1 aliphatic heterocycles. The van der Waals surface area contributed by atoms with Crippen LogP contribution in [-0.2, 0) is 0 Å². The lowest BCUT2D eigenvalue weighted by molar-refractivity contribution is 0.469. The zero-order valence-electron chi connectivity index (χ0n) is 8.88. The van der Waals surface area contributed by atoms with E-state index in [9.17, 15) is 0 Å². The highest BCUT2D eigenvalue weighted by atomic mass is 14.9. The lowest BCUT2D eigenvalue weighted by Gasteiger charge is -2.29. The van der Waals surface area contributed by atoms with E-state index in [4.69, 9.17) is 5.73 Å². The van der Waals surface area contributed by atoms with Gasteiger partial charge < -0.3 is 11.1 Å². The maximum Gasteiger partial charge on any atom is 0.0396 e. The predicted octanol–water partition coefficient (Wildman–Crippen LogP) is 2.82. The third kappa shape index (κ3) is 1.57. The minimum Gasteiger partial charge on any atom is -0.399 e. The molecule has 0 aromatic heterocycles. The van der Waals surface area contributed by atoms with Gasteiger partial charge in [0.1, 0.15) is 0 Å². The van der Waals surface area contributed by atoms with Gasteiger partial charge in [0.25, 0.3) is 0 Å². The summed E-state index contributed by atoms with van der Waals surface area (Å²) < 4.78 is 0. The molecule has 0 radical (unpaired) electrons. The quantitative estimate of drug-likeness (QED) is 0.668. The van der Waals surface area contributed by atoms with Crippen LogP contribution in [0.1, 0.15) is 31.7 Å². The van der Waals surface area contributed by atoms with E-state index in [1.807, 2.05) is 12.1 Å². The van der Waals surface area contributed by atoms with E-state index in [-0.39, 0.29) is 0 Å². The van der Waals surface area contributed by atoms with Crippen LogP contribution in [0.2, 0.25) is 0 Å². The van der Waals surface area contributed by atoms with Crippen LogP contribution >= 0.6 is 0 Å². The molecule has 0 spiro atoms. The van der Waals surface area contributed by atoms with Gasteiger partial charge in [0.15, 0.2) is 0 Å². The van der Waals surface area contributed by atoms with Crippen molar-refractivity contribution in [3.63, 3.8) is 0 Å². The number of nitrogens with two attached hydrogens (primary N) is 1. The summed E-state index contributed by atoms with van der Waals surface area (Å²) in [6.45, 7) is 5.64. The van der Waals surface area contributed by atoms with Crippen molar-refractivity contribution < 1.29 is 0 Å². The third-order valence-corrected chi connectivity index (χ3v) is 3.05. The number of nitrogens with one attached hydrogen (secondary N) is 1. The topological polar surface area (TPSA) is 38.0 Å². The molecule has 0 fully saturated rings. The van der Waals surface area contributed by atoms with Crippen LogP contribution in [0.5, 0.6) is 0 Å². The zero-order valence-corrected chi connectivity index (χ0v) is 8.88. The number of nitrogen functional groups attached to an aromatic ring is 1. The van der Waals surface area contributed by atoms with Gasteiger partial charge in [-0.2, -0.15) is 0 Å².